The van der Waals surface area contributed by atoms with Crippen molar-refractivity contribution in [1.82, 2.24) is 5.32 Å². The van der Waals surface area contributed by atoms with Gasteiger partial charge in [-0.15, -0.1) is 0 Å². The molecule has 1 amide bonds. The molecular formula is C17H21NO3. The summed E-state index contributed by atoms with van der Waals surface area (Å²) in [5.41, 5.74) is 2.40. The lowest BCUT2D eigenvalue weighted by Crippen LogP contribution is -2.30. The Hall–Kier alpha value is -2.36. The van der Waals surface area contributed by atoms with E-state index in [0.717, 1.165) is 6.42 Å². The van der Waals surface area contributed by atoms with Crippen LogP contribution in [0, 0.1) is 6.92 Å². The van der Waals surface area contributed by atoms with Crippen LogP contribution in [0.4, 0.5) is 0 Å². The molecule has 0 aliphatic carbocycles. The van der Waals surface area contributed by atoms with E-state index in [1.165, 1.54) is 17.2 Å². The summed E-state index contributed by atoms with van der Waals surface area (Å²) in [7, 11) is 0. The molecule has 0 heterocycles. The smallest absolute Gasteiger partial charge is 0.331 e. The third kappa shape index (κ3) is 7.11. The van der Waals surface area contributed by atoms with Crippen molar-refractivity contribution in [3.05, 3.63) is 59.7 Å². The summed E-state index contributed by atoms with van der Waals surface area (Å²) in [6, 6.07) is 8.03. The number of hydrogen-bond acceptors (Lipinski definition) is 3. The number of carbonyl (C=O) groups excluding carboxylic acids is 2. The van der Waals surface area contributed by atoms with Crippen molar-refractivity contribution < 1.29 is 14.3 Å². The Kier molecular flexibility index (Phi) is 7.58. The SMILES string of the molecule is C/C=C/C=C/C(=O)OCC(=O)NCCc1ccccc1C. The van der Waals surface area contributed by atoms with Gasteiger partial charge in [-0.3, -0.25) is 4.79 Å². The van der Waals surface area contributed by atoms with E-state index >= 15 is 0 Å². The number of carbonyl (C=O) groups is 2. The maximum absolute atomic E-state index is 11.5. The first-order chi connectivity index (χ1) is 10.1. The van der Waals surface area contributed by atoms with Crippen LogP contribution in [-0.4, -0.2) is 25.0 Å². The maximum Gasteiger partial charge on any atom is 0.331 e. The summed E-state index contributed by atoms with van der Waals surface area (Å²) in [5, 5.41) is 2.73. The Morgan fingerprint density at radius 2 is 2.00 bits per heavy atom. The molecule has 0 fully saturated rings. The number of rotatable bonds is 7. The predicted octanol–water partition coefficient (Wildman–Crippen LogP) is 2.33. The third-order valence-electron chi connectivity index (χ3n) is 2.86. The zero-order valence-corrected chi connectivity index (χ0v) is 12.5. The first-order valence-electron chi connectivity index (χ1n) is 6.91. The average molecular weight is 287 g/mol. The van der Waals surface area contributed by atoms with E-state index in [-0.39, 0.29) is 12.5 Å². The van der Waals surface area contributed by atoms with Gasteiger partial charge in [-0.05, 0) is 31.4 Å². The van der Waals surface area contributed by atoms with Crippen molar-refractivity contribution in [3.8, 4) is 0 Å². The van der Waals surface area contributed by atoms with Crippen LogP contribution in [0.15, 0.2) is 48.6 Å². The van der Waals surface area contributed by atoms with Crippen LogP contribution in [0.5, 0.6) is 0 Å². The van der Waals surface area contributed by atoms with E-state index in [0.29, 0.717) is 6.54 Å². The molecule has 1 aromatic rings. The predicted molar refractivity (Wildman–Crippen MR) is 82.8 cm³/mol. The van der Waals surface area contributed by atoms with Gasteiger partial charge in [-0.25, -0.2) is 4.79 Å². The minimum absolute atomic E-state index is 0.257. The molecule has 0 spiro atoms. The van der Waals surface area contributed by atoms with Gasteiger partial charge in [0.05, 0.1) is 0 Å². The van der Waals surface area contributed by atoms with E-state index in [2.05, 4.69) is 5.32 Å². The molecule has 0 atom stereocenters. The standard InChI is InChI=1S/C17H21NO3/c1-3-4-5-10-17(20)21-13-16(19)18-12-11-15-9-7-6-8-14(15)2/h3-10H,11-13H2,1-2H3,(H,18,19)/b4-3+,10-5+. The van der Waals surface area contributed by atoms with Crippen LogP contribution < -0.4 is 5.32 Å². The molecule has 1 N–H and O–H groups in total. The lowest BCUT2D eigenvalue weighted by Gasteiger charge is -2.07. The van der Waals surface area contributed by atoms with Gasteiger partial charge in [0.2, 0.25) is 0 Å². The molecule has 0 bridgehead atoms. The largest absolute Gasteiger partial charge is 0.452 e. The zero-order chi connectivity index (χ0) is 15.5. The summed E-state index contributed by atoms with van der Waals surface area (Å²) >= 11 is 0. The minimum Gasteiger partial charge on any atom is -0.452 e. The number of aryl methyl sites for hydroxylation is 1. The molecular weight excluding hydrogens is 266 g/mol. The molecule has 0 radical (unpaired) electrons. The van der Waals surface area contributed by atoms with E-state index in [1.807, 2.05) is 38.1 Å². The molecule has 112 valence electrons. The molecule has 0 saturated heterocycles. The minimum atomic E-state index is -0.526. The highest BCUT2D eigenvalue weighted by molar-refractivity contribution is 5.85. The van der Waals surface area contributed by atoms with Gasteiger partial charge in [0, 0.05) is 12.6 Å². The van der Waals surface area contributed by atoms with E-state index in [4.69, 9.17) is 4.74 Å². The van der Waals surface area contributed by atoms with E-state index in [1.54, 1.807) is 18.2 Å². The fourth-order valence-electron chi connectivity index (χ4n) is 1.71. The molecule has 21 heavy (non-hydrogen) atoms. The normalized spacial score (nSPS) is 11.0. The van der Waals surface area contributed by atoms with Crippen molar-refractivity contribution in [3.63, 3.8) is 0 Å². The highest BCUT2D eigenvalue weighted by atomic mass is 16.5. The van der Waals surface area contributed by atoms with Crippen molar-refractivity contribution in [1.29, 1.82) is 0 Å². The Balaban J connectivity index is 2.23. The Morgan fingerprint density at radius 3 is 2.71 bits per heavy atom. The van der Waals surface area contributed by atoms with Crippen LogP contribution in [0.1, 0.15) is 18.1 Å². The van der Waals surface area contributed by atoms with Crippen LogP contribution in [0.2, 0.25) is 0 Å². The lowest BCUT2D eigenvalue weighted by atomic mass is 10.1. The van der Waals surface area contributed by atoms with Gasteiger partial charge in [-0.1, -0.05) is 42.5 Å². The molecule has 0 aromatic heterocycles. The van der Waals surface area contributed by atoms with Gasteiger partial charge < -0.3 is 10.1 Å². The quantitative estimate of drug-likeness (QED) is 0.476. The third-order valence-corrected chi connectivity index (χ3v) is 2.86. The Bertz CT molecular complexity index is 533. The number of ether oxygens (including phenoxy) is 1. The first-order valence-corrected chi connectivity index (χ1v) is 6.91. The number of esters is 1. The summed E-state index contributed by atoms with van der Waals surface area (Å²) < 4.78 is 4.81. The van der Waals surface area contributed by atoms with Crippen LogP contribution in [0.25, 0.3) is 0 Å². The summed E-state index contributed by atoms with van der Waals surface area (Å²) in [5.74, 6) is -0.821. The molecule has 0 saturated carbocycles. The van der Waals surface area contributed by atoms with Gasteiger partial charge in [0.25, 0.3) is 5.91 Å². The maximum atomic E-state index is 11.5. The average Bonchev–Trinajstić information content (AvgIpc) is 2.47. The molecule has 1 rings (SSSR count). The number of benzene rings is 1. The van der Waals surface area contributed by atoms with Crippen molar-refractivity contribution in [2.24, 2.45) is 0 Å². The van der Waals surface area contributed by atoms with Crippen LogP contribution in [0.3, 0.4) is 0 Å². The molecule has 4 nitrogen and oxygen atoms in total. The number of allylic oxidation sites excluding steroid dienone is 3. The molecule has 0 aliphatic heterocycles. The van der Waals surface area contributed by atoms with Crippen molar-refractivity contribution in [2.75, 3.05) is 13.2 Å². The number of nitrogens with one attached hydrogen (secondary N) is 1. The molecule has 0 aliphatic rings. The lowest BCUT2D eigenvalue weighted by molar-refractivity contribution is -0.143. The topological polar surface area (TPSA) is 55.4 Å². The van der Waals surface area contributed by atoms with Crippen LogP contribution in [-0.2, 0) is 20.7 Å². The van der Waals surface area contributed by atoms with Crippen LogP contribution >= 0.6 is 0 Å². The van der Waals surface area contributed by atoms with Gasteiger partial charge in [-0.2, -0.15) is 0 Å². The van der Waals surface area contributed by atoms with Crippen molar-refractivity contribution >= 4 is 11.9 Å². The highest BCUT2D eigenvalue weighted by Crippen LogP contribution is 2.06. The summed E-state index contributed by atoms with van der Waals surface area (Å²) in [6.07, 6.45) is 7.11. The summed E-state index contributed by atoms with van der Waals surface area (Å²) in [6.45, 7) is 4.15. The second-order valence-electron chi connectivity index (χ2n) is 4.52. The van der Waals surface area contributed by atoms with E-state index < -0.39 is 5.97 Å². The fraction of sp³-hybridized carbons (Fsp3) is 0.294. The van der Waals surface area contributed by atoms with E-state index in [9.17, 15) is 9.59 Å². The van der Waals surface area contributed by atoms with Gasteiger partial charge >= 0.3 is 5.97 Å². The molecule has 4 heteroatoms. The van der Waals surface area contributed by atoms with Gasteiger partial charge in [0.15, 0.2) is 6.61 Å². The Morgan fingerprint density at radius 1 is 1.24 bits per heavy atom. The Labute approximate surface area is 125 Å². The fourth-order valence-corrected chi connectivity index (χ4v) is 1.71. The molecule has 1 aromatic carbocycles. The number of amides is 1. The zero-order valence-electron chi connectivity index (χ0n) is 12.5. The first kappa shape index (κ1) is 16.7. The van der Waals surface area contributed by atoms with Gasteiger partial charge in [0.1, 0.15) is 0 Å². The van der Waals surface area contributed by atoms with Crippen molar-refractivity contribution in [2.45, 2.75) is 20.3 Å². The number of hydrogen-bond donors (Lipinski definition) is 1. The second kappa shape index (κ2) is 9.53. The monoisotopic (exact) mass is 287 g/mol. The highest BCUT2D eigenvalue weighted by Gasteiger charge is 2.04. The second-order valence-corrected chi connectivity index (χ2v) is 4.52. The molecule has 0 unspecified atom stereocenters. The summed E-state index contributed by atoms with van der Waals surface area (Å²) in [4.78, 5) is 22.8.